The van der Waals surface area contributed by atoms with Crippen molar-refractivity contribution >= 4 is 45.7 Å². The monoisotopic (exact) mass is 446 g/mol. The highest BCUT2D eigenvalue weighted by Crippen LogP contribution is 2.44. The van der Waals surface area contributed by atoms with Gasteiger partial charge in [0.05, 0.1) is 17.9 Å². The number of rotatable bonds is 5. The van der Waals surface area contributed by atoms with Crippen LogP contribution in [0.4, 0.5) is 10.7 Å². The number of esters is 1. The molecule has 2 aromatic rings. The molecule has 1 aromatic carbocycles. The molecule has 0 fully saturated rings. The minimum atomic E-state index is -0.381. The van der Waals surface area contributed by atoms with Gasteiger partial charge in [0.1, 0.15) is 5.00 Å². The number of hydrogen-bond acceptors (Lipinski definition) is 6. The van der Waals surface area contributed by atoms with E-state index in [1.165, 1.54) is 35.1 Å². The fourth-order valence-electron chi connectivity index (χ4n) is 3.79. The molecule has 2 unspecified atom stereocenters. The molecule has 3 rings (SSSR count). The van der Waals surface area contributed by atoms with Gasteiger partial charge in [0, 0.05) is 15.5 Å². The first-order valence-corrected chi connectivity index (χ1v) is 11.9. The topological polar surface area (TPSA) is 81.4 Å². The summed E-state index contributed by atoms with van der Waals surface area (Å²) in [6, 6.07) is 7.47. The summed E-state index contributed by atoms with van der Waals surface area (Å²) >= 11 is 2.96. The van der Waals surface area contributed by atoms with Gasteiger partial charge in [-0.1, -0.05) is 26.8 Å². The number of hydrogen-bond donors (Lipinski definition) is 2. The Kier molecular flexibility index (Phi) is 6.82. The Morgan fingerprint density at radius 3 is 2.70 bits per heavy atom. The van der Waals surface area contributed by atoms with Gasteiger partial charge >= 0.3 is 5.97 Å². The van der Waals surface area contributed by atoms with E-state index in [9.17, 15) is 9.59 Å². The summed E-state index contributed by atoms with van der Waals surface area (Å²) in [5.74, 6) is 0.0300. The number of amides is 1. The predicted octanol–water partition coefficient (Wildman–Crippen LogP) is 5.39. The van der Waals surface area contributed by atoms with E-state index in [1.54, 1.807) is 0 Å². The highest BCUT2D eigenvalue weighted by molar-refractivity contribution is 8.00. The summed E-state index contributed by atoms with van der Waals surface area (Å²) in [5.41, 5.74) is 8.28. The number of nitrogens with two attached hydrogens (primary N) is 1. The molecule has 1 aliphatic rings. The Balaban J connectivity index is 1.82. The molecule has 0 spiro atoms. The van der Waals surface area contributed by atoms with Gasteiger partial charge in [0.25, 0.3) is 0 Å². The molecule has 0 saturated heterocycles. The second kappa shape index (κ2) is 9.02. The van der Waals surface area contributed by atoms with Crippen molar-refractivity contribution < 1.29 is 14.3 Å². The van der Waals surface area contributed by atoms with Gasteiger partial charge in [-0.05, 0) is 61.3 Å². The maximum Gasteiger partial charge on any atom is 0.341 e. The van der Waals surface area contributed by atoms with Crippen LogP contribution in [-0.2, 0) is 22.4 Å². The van der Waals surface area contributed by atoms with Crippen molar-refractivity contribution in [2.75, 3.05) is 18.2 Å². The van der Waals surface area contributed by atoms with Crippen LogP contribution in [0.15, 0.2) is 29.2 Å². The lowest BCUT2D eigenvalue weighted by Gasteiger charge is -2.33. The largest absolute Gasteiger partial charge is 0.465 e. The summed E-state index contributed by atoms with van der Waals surface area (Å²) in [5, 5.41) is 3.27. The Morgan fingerprint density at radius 2 is 2.07 bits per heavy atom. The number of ether oxygens (including phenoxy) is 1. The Morgan fingerprint density at radius 1 is 1.33 bits per heavy atom. The molecule has 1 aromatic heterocycles. The number of nitrogen functional groups attached to an aromatic ring is 1. The SMILES string of the molecule is COC(=O)c1c(NC(=O)C(C)Sc2cccc(N)c2)sc2c1CCC(C(C)(C)C)C2. The van der Waals surface area contributed by atoms with E-state index in [2.05, 4.69) is 26.1 Å². The summed E-state index contributed by atoms with van der Waals surface area (Å²) in [6.45, 7) is 8.63. The molecule has 1 amide bonds. The quantitative estimate of drug-likeness (QED) is 0.366. The van der Waals surface area contributed by atoms with Gasteiger partial charge in [-0.25, -0.2) is 4.79 Å². The van der Waals surface area contributed by atoms with Crippen molar-refractivity contribution in [3.8, 4) is 0 Å². The first-order valence-electron chi connectivity index (χ1n) is 10.2. The maximum atomic E-state index is 12.9. The average molecular weight is 447 g/mol. The van der Waals surface area contributed by atoms with E-state index in [-0.39, 0.29) is 22.5 Å². The molecule has 5 nitrogen and oxygen atoms in total. The second-order valence-corrected chi connectivity index (χ2v) is 11.3. The van der Waals surface area contributed by atoms with Crippen LogP contribution < -0.4 is 11.1 Å². The minimum absolute atomic E-state index is 0.140. The van der Waals surface area contributed by atoms with Crippen LogP contribution >= 0.6 is 23.1 Å². The molecular formula is C23H30N2O3S2. The number of fused-ring (bicyclic) bond motifs is 1. The lowest BCUT2D eigenvalue weighted by Crippen LogP contribution is -2.26. The van der Waals surface area contributed by atoms with Crippen LogP contribution in [0.25, 0.3) is 0 Å². The summed E-state index contributed by atoms with van der Waals surface area (Å²) in [7, 11) is 1.39. The van der Waals surface area contributed by atoms with Crippen molar-refractivity contribution in [2.45, 2.75) is 57.1 Å². The zero-order valence-corrected chi connectivity index (χ0v) is 19.8. The fraction of sp³-hybridized carbons (Fsp3) is 0.478. The number of methoxy groups -OCH3 is 1. The highest BCUT2D eigenvalue weighted by atomic mass is 32.2. The van der Waals surface area contributed by atoms with E-state index in [0.717, 1.165) is 29.7 Å². The molecular weight excluding hydrogens is 416 g/mol. The zero-order chi connectivity index (χ0) is 22.1. The number of thioether (sulfide) groups is 1. The molecule has 162 valence electrons. The standard InChI is InChI=1S/C23H30N2O3S2/c1-13(29-16-8-6-7-15(24)12-16)20(26)25-21-19(22(27)28-5)17-10-9-14(23(2,3)4)11-18(17)30-21/h6-8,12-14H,9-11,24H2,1-5H3,(H,25,26). The normalized spacial score (nSPS) is 17.2. The third kappa shape index (κ3) is 5.01. The molecule has 0 saturated carbocycles. The molecule has 0 bridgehead atoms. The Bertz CT molecular complexity index is 946. The van der Waals surface area contributed by atoms with Crippen LogP contribution in [-0.4, -0.2) is 24.2 Å². The molecule has 1 heterocycles. The van der Waals surface area contributed by atoms with Gasteiger partial charge in [-0.3, -0.25) is 4.79 Å². The van der Waals surface area contributed by atoms with Crippen LogP contribution in [0.5, 0.6) is 0 Å². The number of carbonyl (C=O) groups excluding carboxylic acids is 2. The van der Waals surface area contributed by atoms with Crippen molar-refractivity contribution in [3.63, 3.8) is 0 Å². The molecule has 3 N–H and O–H groups in total. The van der Waals surface area contributed by atoms with Crippen molar-refractivity contribution in [1.29, 1.82) is 0 Å². The first-order chi connectivity index (χ1) is 14.1. The average Bonchev–Trinajstić information content (AvgIpc) is 3.03. The van der Waals surface area contributed by atoms with Crippen LogP contribution in [0.1, 0.15) is 54.9 Å². The maximum absolute atomic E-state index is 12.9. The molecule has 0 aliphatic heterocycles. The first kappa shape index (κ1) is 22.7. The predicted molar refractivity (Wildman–Crippen MR) is 125 cm³/mol. The van der Waals surface area contributed by atoms with Crippen molar-refractivity contribution in [1.82, 2.24) is 0 Å². The number of anilines is 2. The molecule has 0 radical (unpaired) electrons. The van der Waals surface area contributed by atoms with E-state index >= 15 is 0 Å². The number of carbonyl (C=O) groups is 2. The molecule has 7 heteroatoms. The smallest absolute Gasteiger partial charge is 0.341 e. The Hall–Kier alpha value is -1.99. The van der Waals surface area contributed by atoms with Crippen molar-refractivity contribution in [3.05, 3.63) is 40.3 Å². The zero-order valence-electron chi connectivity index (χ0n) is 18.2. The third-order valence-electron chi connectivity index (χ3n) is 5.66. The van der Waals surface area contributed by atoms with E-state index < -0.39 is 0 Å². The van der Waals surface area contributed by atoms with Gasteiger partial charge in [-0.2, -0.15) is 0 Å². The van der Waals surface area contributed by atoms with Gasteiger partial charge < -0.3 is 15.8 Å². The molecule has 30 heavy (non-hydrogen) atoms. The van der Waals surface area contributed by atoms with E-state index in [0.29, 0.717) is 22.2 Å². The Labute approximate surface area is 186 Å². The van der Waals surface area contributed by atoms with Gasteiger partial charge in [0.15, 0.2) is 0 Å². The molecule has 2 atom stereocenters. The number of benzene rings is 1. The van der Waals surface area contributed by atoms with E-state index in [4.69, 9.17) is 10.5 Å². The minimum Gasteiger partial charge on any atom is -0.465 e. The fourth-order valence-corrected chi connectivity index (χ4v) is 6.04. The third-order valence-corrected chi connectivity index (χ3v) is 7.92. The van der Waals surface area contributed by atoms with Gasteiger partial charge in [0.2, 0.25) is 5.91 Å². The van der Waals surface area contributed by atoms with Gasteiger partial charge in [-0.15, -0.1) is 23.1 Å². The lowest BCUT2D eigenvalue weighted by molar-refractivity contribution is -0.115. The summed E-state index contributed by atoms with van der Waals surface area (Å²) in [4.78, 5) is 27.6. The highest BCUT2D eigenvalue weighted by Gasteiger charge is 2.34. The van der Waals surface area contributed by atoms with E-state index in [1.807, 2.05) is 31.2 Å². The number of nitrogens with one attached hydrogen (secondary N) is 1. The lowest BCUT2D eigenvalue weighted by atomic mass is 9.72. The molecule has 1 aliphatic carbocycles. The summed E-state index contributed by atoms with van der Waals surface area (Å²) < 4.78 is 5.04. The van der Waals surface area contributed by atoms with Crippen LogP contribution in [0, 0.1) is 11.3 Å². The van der Waals surface area contributed by atoms with Crippen LogP contribution in [0.2, 0.25) is 0 Å². The van der Waals surface area contributed by atoms with Crippen LogP contribution in [0.3, 0.4) is 0 Å². The van der Waals surface area contributed by atoms with Crippen molar-refractivity contribution in [2.24, 2.45) is 11.3 Å². The number of thiophene rings is 1. The summed E-state index contributed by atoms with van der Waals surface area (Å²) in [6.07, 6.45) is 2.80. The second-order valence-electron chi connectivity index (χ2n) is 8.83.